The molecular formula is C35H47BN6O9S. The molecule has 0 spiro atoms. The molecule has 6 N–H and O–H groups in total. The first-order chi connectivity index (χ1) is 25.0. The lowest BCUT2D eigenvalue weighted by Crippen LogP contribution is -2.53. The number of benzene rings is 2. The lowest BCUT2D eigenvalue weighted by atomic mass is 10.0. The van der Waals surface area contributed by atoms with Gasteiger partial charge in [0.25, 0.3) is 0 Å². The first kappa shape index (κ1) is 41.7. The molecule has 1 unspecified atom stereocenters. The number of anilines is 1. The number of hydrogen-bond donors (Lipinski definition) is 6. The van der Waals surface area contributed by atoms with Gasteiger partial charge < -0.3 is 36.5 Å². The van der Waals surface area contributed by atoms with Gasteiger partial charge in [-0.2, -0.15) is 12.6 Å². The van der Waals surface area contributed by atoms with Crippen LogP contribution in [0.1, 0.15) is 49.7 Å². The van der Waals surface area contributed by atoms with Gasteiger partial charge in [-0.3, -0.25) is 38.5 Å². The first-order valence-electron chi connectivity index (χ1n) is 17.2. The van der Waals surface area contributed by atoms with Crippen molar-refractivity contribution in [2.24, 2.45) is 5.73 Å². The topological polar surface area (TPSA) is 215 Å². The van der Waals surface area contributed by atoms with Crippen LogP contribution in [0.3, 0.4) is 0 Å². The van der Waals surface area contributed by atoms with Crippen molar-refractivity contribution in [3.63, 3.8) is 0 Å². The number of nitrogens with zero attached hydrogens (tertiary/aromatic N) is 1. The zero-order chi connectivity index (χ0) is 37.9. The zero-order valence-corrected chi connectivity index (χ0v) is 30.2. The molecule has 17 heteroatoms. The van der Waals surface area contributed by atoms with Gasteiger partial charge in [-0.15, -0.1) is 0 Å². The summed E-state index contributed by atoms with van der Waals surface area (Å²) in [5, 5.41) is 10.4. The highest BCUT2D eigenvalue weighted by Crippen LogP contribution is 2.18. The lowest BCUT2D eigenvalue weighted by molar-refractivity contribution is -0.138. The van der Waals surface area contributed by atoms with Crippen LogP contribution in [0.5, 0.6) is 0 Å². The fourth-order valence-corrected chi connectivity index (χ4v) is 5.49. The maximum atomic E-state index is 13.6. The minimum absolute atomic E-state index is 0.0191. The molecule has 6 amide bonds. The van der Waals surface area contributed by atoms with Crippen LogP contribution >= 0.6 is 12.6 Å². The third-order valence-corrected chi connectivity index (χ3v) is 8.41. The molecule has 15 nitrogen and oxygen atoms in total. The van der Waals surface area contributed by atoms with E-state index in [-0.39, 0.29) is 70.4 Å². The fourth-order valence-electron chi connectivity index (χ4n) is 5.19. The zero-order valence-electron chi connectivity index (χ0n) is 29.3. The summed E-state index contributed by atoms with van der Waals surface area (Å²) in [6, 6.07) is 14.0. The van der Waals surface area contributed by atoms with Crippen LogP contribution in [-0.4, -0.2) is 104 Å². The number of imide groups is 1. The van der Waals surface area contributed by atoms with Crippen LogP contribution < -0.4 is 27.0 Å². The number of unbranched alkanes of at least 4 members (excludes halogenated alkanes) is 1. The van der Waals surface area contributed by atoms with Crippen LogP contribution in [0.2, 0.25) is 0 Å². The van der Waals surface area contributed by atoms with E-state index in [0.717, 1.165) is 16.0 Å². The predicted molar refractivity (Wildman–Crippen MR) is 198 cm³/mol. The molecule has 1 saturated heterocycles. The summed E-state index contributed by atoms with van der Waals surface area (Å²) in [6.07, 6.45) is 1.63. The Morgan fingerprint density at radius 3 is 2.27 bits per heavy atom. The summed E-state index contributed by atoms with van der Waals surface area (Å²) < 4.78 is 10.5. The molecule has 1 aliphatic rings. The number of carbonyl (C=O) groups is 7. The lowest BCUT2D eigenvalue weighted by Gasteiger charge is -2.23. The predicted octanol–water partition coefficient (Wildman–Crippen LogP) is 0.206. The summed E-state index contributed by atoms with van der Waals surface area (Å²) in [6.45, 7) is 0.794. The number of ether oxygens (including phenoxy) is 2. The highest BCUT2D eigenvalue weighted by Gasteiger charge is 2.36. The molecule has 1 heterocycles. The van der Waals surface area contributed by atoms with Gasteiger partial charge in [0.2, 0.25) is 49.2 Å². The molecule has 280 valence electrons. The van der Waals surface area contributed by atoms with Gasteiger partial charge in [0.05, 0.1) is 18.5 Å². The van der Waals surface area contributed by atoms with Gasteiger partial charge in [-0.25, -0.2) is 0 Å². The maximum Gasteiger partial charge on any atom is 0.246 e. The average Bonchev–Trinajstić information content (AvgIpc) is 3.37. The van der Waals surface area contributed by atoms with E-state index in [1.54, 1.807) is 24.3 Å². The second-order valence-electron chi connectivity index (χ2n) is 12.2. The molecule has 52 heavy (non-hydrogen) atoms. The Morgan fingerprint density at radius 1 is 0.885 bits per heavy atom. The molecule has 2 aromatic rings. The van der Waals surface area contributed by atoms with Crippen molar-refractivity contribution in [3.8, 4) is 0 Å². The Bertz CT molecular complexity index is 1530. The summed E-state index contributed by atoms with van der Waals surface area (Å²) in [5.41, 5.74) is 7.71. The quantitative estimate of drug-likeness (QED) is 0.0418. The van der Waals surface area contributed by atoms with Crippen LogP contribution in [0.15, 0.2) is 54.6 Å². The van der Waals surface area contributed by atoms with Gasteiger partial charge in [0.15, 0.2) is 0 Å². The van der Waals surface area contributed by atoms with E-state index in [9.17, 15) is 33.6 Å². The van der Waals surface area contributed by atoms with Crippen molar-refractivity contribution >= 4 is 67.5 Å². The standard InChI is InChI=1S/C35H47BN6O9S/c36-35(49)51-22-24-9-11-25(12-10-24)39-32(46)26(8-4-5-15-37)41-33(47)27(20-23-6-2-1-3-7-23)40-30(44)14-18-50-19-16-38-29(43)13-17-42-31(45)21-28(52)34(42)48/h1-3,6-7,9-12,26-28,52H,4-5,8,13-22,36-37H2,(H,38,43)(H,39,46)(H,40,44)(H,41,47)/t26-,27-,28?/m0/s1. The third-order valence-electron chi connectivity index (χ3n) is 8.00. The Hall–Kier alpha value is -4.74. The van der Waals surface area contributed by atoms with E-state index in [0.29, 0.717) is 31.5 Å². The second kappa shape index (κ2) is 22.3. The number of nitrogens with one attached hydrogen (secondary N) is 4. The van der Waals surface area contributed by atoms with E-state index < -0.39 is 46.8 Å². The average molecular weight is 739 g/mol. The summed E-state index contributed by atoms with van der Waals surface area (Å²) in [7, 11) is 1.32. The smallest absolute Gasteiger partial charge is 0.246 e. The second-order valence-corrected chi connectivity index (χ2v) is 12.8. The van der Waals surface area contributed by atoms with Crippen molar-refractivity contribution in [1.82, 2.24) is 20.9 Å². The van der Waals surface area contributed by atoms with E-state index in [1.165, 1.54) is 7.85 Å². The molecule has 0 aromatic heterocycles. The normalized spacial score (nSPS) is 15.0. The Balaban J connectivity index is 1.51. The van der Waals surface area contributed by atoms with Crippen molar-refractivity contribution in [3.05, 3.63) is 65.7 Å². The summed E-state index contributed by atoms with van der Waals surface area (Å²) in [5.74, 6) is -2.94. The first-order valence-corrected chi connectivity index (χ1v) is 17.7. The molecule has 3 atom stereocenters. The monoisotopic (exact) mass is 738 g/mol. The van der Waals surface area contributed by atoms with Crippen LogP contribution in [0.4, 0.5) is 10.5 Å². The number of carbonyl (C=O) groups excluding carboxylic acids is 7. The number of rotatable bonds is 22. The molecule has 2 aromatic carbocycles. The highest BCUT2D eigenvalue weighted by atomic mass is 32.1. The molecule has 0 saturated carbocycles. The Kier molecular flexibility index (Phi) is 17.8. The van der Waals surface area contributed by atoms with Gasteiger partial charge >= 0.3 is 0 Å². The van der Waals surface area contributed by atoms with E-state index >= 15 is 0 Å². The van der Waals surface area contributed by atoms with Gasteiger partial charge in [0, 0.05) is 44.5 Å². The SMILES string of the molecule is BC(=O)OCc1ccc(NC(=O)[C@H](CCCCN)NC(=O)[C@H](Cc2ccccc2)NC(=O)CCOCCNC(=O)CCN2C(=O)CC(S)C2=O)cc1. The number of thiol groups is 1. The molecule has 1 fully saturated rings. The Morgan fingerprint density at radius 2 is 1.62 bits per heavy atom. The molecule has 1 aliphatic heterocycles. The van der Waals surface area contributed by atoms with Crippen molar-refractivity contribution < 1.29 is 43.0 Å². The number of likely N-dealkylation sites (tertiary alicyclic amines) is 1. The van der Waals surface area contributed by atoms with E-state index in [4.69, 9.17) is 15.2 Å². The molecule has 0 bridgehead atoms. The largest absolute Gasteiger partial charge is 0.469 e. The third kappa shape index (κ3) is 14.9. The summed E-state index contributed by atoms with van der Waals surface area (Å²) >= 11 is 4.06. The van der Waals surface area contributed by atoms with Gasteiger partial charge in [0.1, 0.15) is 18.7 Å². The minimum atomic E-state index is -0.994. The number of amides is 6. The van der Waals surface area contributed by atoms with Crippen molar-refractivity contribution in [2.45, 2.75) is 68.9 Å². The van der Waals surface area contributed by atoms with E-state index in [2.05, 4.69) is 33.9 Å². The Labute approximate surface area is 309 Å². The molecular weight excluding hydrogens is 691 g/mol. The number of hydrogen-bond acceptors (Lipinski definition) is 11. The van der Waals surface area contributed by atoms with Gasteiger partial charge in [-0.1, -0.05) is 42.5 Å². The van der Waals surface area contributed by atoms with Crippen LogP contribution in [0.25, 0.3) is 0 Å². The van der Waals surface area contributed by atoms with Crippen molar-refractivity contribution in [2.75, 3.05) is 38.2 Å². The maximum absolute atomic E-state index is 13.6. The van der Waals surface area contributed by atoms with E-state index in [1.807, 2.05) is 30.3 Å². The van der Waals surface area contributed by atoms with Crippen molar-refractivity contribution in [1.29, 1.82) is 0 Å². The minimum Gasteiger partial charge on any atom is -0.469 e. The number of nitrogens with two attached hydrogens (primary N) is 1. The van der Waals surface area contributed by atoms with Crippen LogP contribution in [0, 0.1) is 0 Å². The highest BCUT2D eigenvalue weighted by molar-refractivity contribution is 7.81. The van der Waals surface area contributed by atoms with Gasteiger partial charge in [-0.05, 0) is 49.1 Å². The molecule has 3 rings (SSSR count). The summed E-state index contributed by atoms with van der Waals surface area (Å²) in [4.78, 5) is 87.9. The van der Waals surface area contributed by atoms with Crippen LogP contribution in [-0.2, 0) is 51.3 Å². The fraction of sp³-hybridized carbons (Fsp3) is 0.457. The molecule has 0 aliphatic carbocycles. The molecule has 0 radical (unpaired) electrons.